The van der Waals surface area contributed by atoms with Crippen molar-refractivity contribution in [3.63, 3.8) is 0 Å². The summed E-state index contributed by atoms with van der Waals surface area (Å²) in [5.74, 6) is 0. The Labute approximate surface area is 101 Å². The van der Waals surface area contributed by atoms with Crippen molar-refractivity contribution < 1.29 is 9.90 Å². The fraction of sp³-hybridized carbons (Fsp3) is 0.462. The van der Waals surface area contributed by atoms with E-state index in [0.717, 1.165) is 11.1 Å². The first kappa shape index (κ1) is 11.9. The molecule has 4 nitrogen and oxygen atoms in total. The third-order valence-electron chi connectivity index (χ3n) is 2.91. The summed E-state index contributed by atoms with van der Waals surface area (Å²) in [5.41, 5.74) is 2.12. The molecule has 0 aromatic heterocycles. The Hall–Kier alpha value is -1.55. The van der Waals surface area contributed by atoms with E-state index in [1.54, 1.807) is 0 Å². The van der Waals surface area contributed by atoms with Gasteiger partial charge in [-0.3, -0.25) is 0 Å². The summed E-state index contributed by atoms with van der Waals surface area (Å²) >= 11 is 0. The molecule has 4 heteroatoms. The average Bonchev–Trinajstić information content (AvgIpc) is 2.55. The van der Waals surface area contributed by atoms with Crippen LogP contribution in [0.3, 0.4) is 0 Å². The number of hydrogen-bond acceptors (Lipinski definition) is 2. The van der Waals surface area contributed by atoms with E-state index in [0.29, 0.717) is 6.42 Å². The second kappa shape index (κ2) is 4.75. The van der Waals surface area contributed by atoms with E-state index < -0.39 is 6.10 Å². The van der Waals surface area contributed by atoms with Crippen LogP contribution in [0.25, 0.3) is 0 Å². The van der Waals surface area contributed by atoms with E-state index >= 15 is 0 Å². The maximum Gasteiger partial charge on any atom is 0.315 e. The standard InChI is InChI=1S/C13H18N2O2/c1-8(2)14-13(17)15-12-10-6-4-3-5-9(10)7-11(12)16/h3-6,8,11-12,16H,7H2,1-2H3,(H2,14,15,17). The maximum absolute atomic E-state index is 11.6. The van der Waals surface area contributed by atoms with Gasteiger partial charge in [-0.2, -0.15) is 0 Å². The van der Waals surface area contributed by atoms with Crippen molar-refractivity contribution in [3.05, 3.63) is 35.4 Å². The summed E-state index contributed by atoms with van der Waals surface area (Å²) in [5, 5.41) is 15.5. The van der Waals surface area contributed by atoms with Crippen molar-refractivity contribution in [3.8, 4) is 0 Å². The van der Waals surface area contributed by atoms with Gasteiger partial charge < -0.3 is 15.7 Å². The maximum atomic E-state index is 11.6. The Balaban J connectivity index is 2.09. The van der Waals surface area contributed by atoms with Gasteiger partial charge in [0.05, 0.1) is 12.1 Å². The van der Waals surface area contributed by atoms with Crippen molar-refractivity contribution in [2.45, 2.75) is 38.5 Å². The molecule has 1 aliphatic rings. The zero-order valence-corrected chi connectivity index (χ0v) is 10.1. The molecule has 0 saturated carbocycles. The highest BCUT2D eigenvalue weighted by molar-refractivity contribution is 5.75. The molecule has 0 heterocycles. The number of hydrogen-bond donors (Lipinski definition) is 3. The SMILES string of the molecule is CC(C)NC(=O)NC1c2ccccc2CC1O. The number of nitrogens with one attached hydrogen (secondary N) is 2. The van der Waals surface area contributed by atoms with E-state index in [4.69, 9.17) is 0 Å². The summed E-state index contributed by atoms with van der Waals surface area (Å²) in [6.45, 7) is 3.80. The Morgan fingerprint density at radius 2 is 2.12 bits per heavy atom. The first-order valence-electron chi connectivity index (χ1n) is 5.91. The number of aliphatic hydroxyl groups is 1. The van der Waals surface area contributed by atoms with Gasteiger partial charge in [-0.1, -0.05) is 24.3 Å². The van der Waals surface area contributed by atoms with Crippen LogP contribution in [0.4, 0.5) is 4.79 Å². The van der Waals surface area contributed by atoms with Gasteiger partial charge in [-0.25, -0.2) is 4.79 Å². The molecule has 17 heavy (non-hydrogen) atoms. The molecule has 0 fully saturated rings. The lowest BCUT2D eigenvalue weighted by molar-refractivity contribution is 0.142. The first-order chi connectivity index (χ1) is 8.08. The van der Waals surface area contributed by atoms with Crippen LogP contribution in [0.5, 0.6) is 0 Å². The average molecular weight is 234 g/mol. The number of benzene rings is 1. The number of urea groups is 1. The van der Waals surface area contributed by atoms with E-state index in [2.05, 4.69) is 10.6 Å². The Bertz CT molecular complexity index is 418. The minimum Gasteiger partial charge on any atom is -0.390 e. The zero-order valence-electron chi connectivity index (χ0n) is 10.1. The van der Waals surface area contributed by atoms with Gasteiger partial charge in [0.1, 0.15) is 0 Å². The normalized spacial score (nSPS) is 22.4. The van der Waals surface area contributed by atoms with Gasteiger partial charge in [0.15, 0.2) is 0 Å². The lowest BCUT2D eigenvalue weighted by Crippen LogP contribution is -2.43. The van der Waals surface area contributed by atoms with Crippen LogP contribution in [0.1, 0.15) is 31.0 Å². The number of aliphatic hydroxyl groups excluding tert-OH is 1. The summed E-state index contributed by atoms with van der Waals surface area (Å²) in [4.78, 5) is 11.6. The fourth-order valence-electron chi connectivity index (χ4n) is 2.19. The lowest BCUT2D eigenvalue weighted by Gasteiger charge is -2.19. The molecule has 0 aliphatic heterocycles. The van der Waals surface area contributed by atoms with Gasteiger partial charge in [-0.05, 0) is 25.0 Å². The number of carbonyl (C=O) groups excluding carboxylic acids is 1. The van der Waals surface area contributed by atoms with Crippen LogP contribution >= 0.6 is 0 Å². The van der Waals surface area contributed by atoms with Crippen molar-refractivity contribution in [2.24, 2.45) is 0 Å². The Morgan fingerprint density at radius 1 is 1.41 bits per heavy atom. The van der Waals surface area contributed by atoms with Crippen molar-refractivity contribution in [1.29, 1.82) is 0 Å². The lowest BCUT2D eigenvalue weighted by atomic mass is 10.1. The van der Waals surface area contributed by atoms with Crippen LogP contribution in [-0.2, 0) is 6.42 Å². The molecule has 0 saturated heterocycles. The molecule has 2 rings (SSSR count). The molecule has 1 aromatic rings. The van der Waals surface area contributed by atoms with Gasteiger partial charge in [0.25, 0.3) is 0 Å². The molecule has 0 radical (unpaired) electrons. The van der Waals surface area contributed by atoms with Gasteiger partial charge >= 0.3 is 6.03 Å². The predicted molar refractivity (Wildman–Crippen MR) is 65.7 cm³/mol. The van der Waals surface area contributed by atoms with Gasteiger partial charge in [-0.15, -0.1) is 0 Å². The molecule has 1 aromatic carbocycles. The number of fused-ring (bicyclic) bond motifs is 1. The fourth-order valence-corrected chi connectivity index (χ4v) is 2.19. The summed E-state index contributed by atoms with van der Waals surface area (Å²) < 4.78 is 0. The van der Waals surface area contributed by atoms with E-state index in [-0.39, 0.29) is 18.1 Å². The van der Waals surface area contributed by atoms with Gasteiger partial charge in [0.2, 0.25) is 0 Å². The van der Waals surface area contributed by atoms with Crippen LogP contribution in [0.15, 0.2) is 24.3 Å². The highest BCUT2D eigenvalue weighted by Gasteiger charge is 2.31. The molecule has 2 amide bonds. The third kappa shape index (κ3) is 2.58. The third-order valence-corrected chi connectivity index (χ3v) is 2.91. The molecular weight excluding hydrogens is 216 g/mol. The van der Waals surface area contributed by atoms with Gasteiger partial charge in [0, 0.05) is 12.5 Å². The van der Waals surface area contributed by atoms with Crippen molar-refractivity contribution in [1.82, 2.24) is 10.6 Å². The second-order valence-electron chi connectivity index (χ2n) is 4.72. The molecule has 1 aliphatic carbocycles. The van der Waals surface area contributed by atoms with Crippen molar-refractivity contribution >= 4 is 6.03 Å². The highest BCUT2D eigenvalue weighted by Crippen LogP contribution is 2.30. The molecule has 0 spiro atoms. The van der Waals surface area contributed by atoms with Crippen LogP contribution in [0, 0.1) is 0 Å². The van der Waals surface area contributed by atoms with E-state index in [1.807, 2.05) is 38.1 Å². The molecular formula is C13H18N2O2. The quantitative estimate of drug-likeness (QED) is 0.723. The van der Waals surface area contributed by atoms with Crippen LogP contribution in [0.2, 0.25) is 0 Å². The second-order valence-corrected chi connectivity index (χ2v) is 4.72. The molecule has 3 N–H and O–H groups in total. The summed E-state index contributed by atoms with van der Waals surface area (Å²) in [7, 11) is 0. The predicted octanol–water partition coefficient (Wildman–Crippen LogP) is 1.35. The number of rotatable bonds is 2. The number of amides is 2. The molecule has 2 unspecified atom stereocenters. The summed E-state index contributed by atoms with van der Waals surface area (Å²) in [6.07, 6.45) is 0.0633. The van der Waals surface area contributed by atoms with Crippen molar-refractivity contribution in [2.75, 3.05) is 0 Å². The minimum absolute atomic E-state index is 0.0868. The Morgan fingerprint density at radius 3 is 2.82 bits per heavy atom. The minimum atomic E-state index is -0.537. The van der Waals surface area contributed by atoms with E-state index in [9.17, 15) is 9.90 Å². The highest BCUT2D eigenvalue weighted by atomic mass is 16.3. The summed E-state index contributed by atoms with van der Waals surface area (Å²) in [6, 6.07) is 7.36. The van der Waals surface area contributed by atoms with Crippen LogP contribution < -0.4 is 10.6 Å². The van der Waals surface area contributed by atoms with Crippen LogP contribution in [-0.4, -0.2) is 23.3 Å². The first-order valence-corrected chi connectivity index (χ1v) is 5.91. The molecule has 0 bridgehead atoms. The zero-order chi connectivity index (χ0) is 12.4. The molecule has 2 atom stereocenters. The monoisotopic (exact) mass is 234 g/mol. The molecule has 92 valence electrons. The topological polar surface area (TPSA) is 61.4 Å². The number of carbonyl (C=O) groups is 1. The largest absolute Gasteiger partial charge is 0.390 e. The smallest absolute Gasteiger partial charge is 0.315 e. The Kier molecular flexibility index (Phi) is 3.33. The van der Waals surface area contributed by atoms with E-state index in [1.165, 1.54) is 0 Å².